The molecule has 2 aromatic rings. The number of primary amides is 1. The van der Waals surface area contributed by atoms with E-state index in [1.54, 1.807) is 4.90 Å². The number of nitrogens with zero attached hydrogens (tertiary/aromatic N) is 2. The van der Waals surface area contributed by atoms with Crippen molar-refractivity contribution in [3.05, 3.63) is 41.6 Å². The van der Waals surface area contributed by atoms with Crippen LogP contribution in [0.25, 0.3) is 10.9 Å². The molecule has 0 unspecified atom stereocenters. The molecule has 1 fully saturated rings. The van der Waals surface area contributed by atoms with Crippen molar-refractivity contribution in [2.45, 2.75) is 32.5 Å². The Morgan fingerprint density at radius 3 is 2.82 bits per heavy atom. The predicted molar refractivity (Wildman–Crippen MR) is 85.4 cm³/mol. The largest absolute Gasteiger partial charge is 0.373 e. The Morgan fingerprint density at radius 1 is 1.36 bits per heavy atom. The standard InChI is InChI=1S/C17H21N3O2/c1-12-10-13(15-4-2-3-5-16(15)19-12)11-22-14-6-8-20(9-7-14)17(18)21/h2-5,10,14H,6-9,11H2,1H3,(H2,18,21). The molecule has 2 amide bonds. The molecule has 0 bridgehead atoms. The van der Waals surface area contributed by atoms with Crippen LogP contribution >= 0.6 is 0 Å². The molecule has 1 aliphatic rings. The summed E-state index contributed by atoms with van der Waals surface area (Å²) in [5.74, 6) is 0. The molecule has 1 saturated heterocycles. The zero-order chi connectivity index (χ0) is 15.5. The summed E-state index contributed by atoms with van der Waals surface area (Å²) < 4.78 is 6.05. The number of para-hydroxylation sites is 1. The van der Waals surface area contributed by atoms with Crippen LogP contribution in [0.5, 0.6) is 0 Å². The van der Waals surface area contributed by atoms with E-state index < -0.39 is 0 Å². The number of aromatic nitrogens is 1. The number of fused-ring (bicyclic) bond motifs is 1. The van der Waals surface area contributed by atoms with Crippen LogP contribution in [-0.4, -0.2) is 35.1 Å². The Hall–Kier alpha value is -2.14. The van der Waals surface area contributed by atoms with Gasteiger partial charge in [-0.15, -0.1) is 0 Å². The first-order valence-corrected chi connectivity index (χ1v) is 7.65. The zero-order valence-corrected chi connectivity index (χ0v) is 12.8. The number of hydrogen-bond donors (Lipinski definition) is 1. The monoisotopic (exact) mass is 299 g/mol. The van der Waals surface area contributed by atoms with Gasteiger partial charge in [-0.1, -0.05) is 18.2 Å². The molecule has 0 atom stereocenters. The molecule has 22 heavy (non-hydrogen) atoms. The van der Waals surface area contributed by atoms with E-state index in [0.29, 0.717) is 19.7 Å². The highest BCUT2D eigenvalue weighted by Crippen LogP contribution is 2.21. The van der Waals surface area contributed by atoms with E-state index in [2.05, 4.69) is 17.1 Å². The number of pyridine rings is 1. The minimum atomic E-state index is -0.339. The third kappa shape index (κ3) is 3.20. The van der Waals surface area contributed by atoms with Gasteiger partial charge in [-0.05, 0) is 37.5 Å². The lowest BCUT2D eigenvalue weighted by Crippen LogP contribution is -2.43. The third-order valence-electron chi connectivity index (χ3n) is 4.16. The molecule has 2 heterocycles. The van der Waals surface area contributed by atoms with Crippen molar-refractivity contribution < 1.29 is 9.53 Å². The van der Waals surface area contributed by atoms with Crippen molar-refractivity contribution >= 4 is 16.9 Å². The van der Waals surface area contributed by atoms with E-state index in [1.807, 2.05) is 25.1 Å². The summed E-state index contributed by atoms with van der Waals surface area (Å²) in [5, 5.41) is 1.14. The Kier molecular flexibility index (Phi) is 4.24. The van der Waals surface area contributed by atoms with Crippen LogP contribution in [0.4, 0.5) is 4.79 Å². The molecule has 1 aliphatic heterocycles. The molecule has 5 heteroatoms. The van der Waals surface area contributed by atoms with Crippen LogP contribution < -0.4 is 5.73 Å². The molecule has 116 valence electrons. The van der Waals surface area contributed by atoms with E-state index in [0.717, 1.165) is 29.4 Å². The number of benzene rings is 1. The van der Waals surface area contributed by atoms with Gasteiger partial charge in [0.15, 0.2) is 0 Å². The van der Waals surface area contributed by atoms with Gasteiger partial charge >= 0.3 is 6.03 Å². The highest BCUT2D eigenvalue weighted by molar-refractivity contribution is 5.82. The Morgan fingerprint density at radius 2 is 2.09 bits per heavy atom. The summed E-state index contributed by atoms with van der Waals surface area (Å²) in [6.45, 7) is 3.93. The number of rotatable bonds is 3. The quantitative estimate of drug-likeness (QED) is 0.947. The number of urea groups is 1. The smallest absolute Gasteiger partial charge is 0.314 e. The molecular formula is C17H21N3O2. The molecule has 1 aromatic carbocycles. The Balaban J connectivity index is 1.66. The van der Waals surface area contributed by atoms with E-state index >= 15 is 0 Å². The SMILES string of the molecule is Cc1cc(COC2CCN(C(N)=O)CC2)c2ccccc2n1. The maximum absolute atomic E-state index is 11.1. The summed E-state index contributed by atoms with van der Waals surface area (Å²) in [7, 11) is 0. The summed E-state index contributed by atoms with van der Waals surface area (Å²) in [6, 6.07) is 9.87. The topological polar surface area (TPSA) is 68.5 Å². The van der Waals surface area contributed by atoms with E-state index in [1.165, 1.54) is 5.56 Å². The lowest BCUT2D eigenvalue weighted by molar-refractivity contribution is 0.00554. The zero-order valence-electron chi connectivity index (χ0n) is 12.8. The van der Waals surface area contributed by atoms with Crippen molar-refractivity contribution in [2.75, 3.05) is 13.1 Å². The van der Waals surface area contributed by atoms with E-state index in [-0.39, 0.29) is 12.1 Å². The van der Waals surface area contributed by atoms with Crippen LogP contribution in [0.3, 0.4) is 0 Å². The molecule has 0 spiro atoms. The lowest BCUT2D eigenvalue weighted by Gasteiger charge is -2.30. The van der Waals surface area contributed by atoms with E-state index in [4.69, 9.17) is 10.5 Å². The molecule has 5 nitrogen and oxygen atoms in total. The lowest BCUT2D eigenvalue weighted by atomic mass is 10.1. The number of piperidine rings is 1. The maximum atomic E-state index is 11.1. The van der Waals surface area contributed by atoms with Crippen LogP contribution in [-0.2, 0) is 11.3 Å². The molecule has 3 rings (SSSR count). The van der Waals surface area contributed by atoms with Gasteiger partial charge in [-0.3, -0.25) is 4.98 Å². The second-order valence-electron chi connectivity index (χ2n) is 5.78. The van der Waals surface area contributed by atoms with Gasteiger partial charge in [0.1, 0.15) is 0 Å². The van der Waals surface area contributed by atoms with Crippen molar-refractivity contribution in [3.8, 4) is 0 Å². The number of ether oxygens (including phenoxy) is 1. The van der Waals surface area contributed by atoms with Crippen LogP contribution in [0.1, 0.15) is 24.1 Å². The first-order valence-electron chi connectivity index (χ1n) is 7.65. The number of amides is 2. The first-order chi connectivity index (χ1) is 10.6. The second-order valence-corrected chi connectivity index (χ2v) is 5.78. The molecule has 0 saturated carbocycles. The fraction of sp³-hybridized carbons (Fsp3) is 0.412. The number of hydrogen-bond acceptors (Lipinski definition) is 3. The van der Waals surface area contributed by atoms with Crippen molar-refractivity contribution in [3.63, 3.8) is 0 Å². The van der Waals surface area contributed by atoms with Crippen molar-refractivity contribution in [1.82, 2.24) is 9.88 Å². The van der Waals surface area contributed by atoms with Crippen LogP contribution in [0.2, 0.25) is 0 Å². The fourth-order valence-corrected chi connectivity index (χ4v) is 2.96. The minimum Gasteiger partial charge on any atom is -0.373 e. The van der Waals surface area contributed by atoms with Crippen molar-refractivity contribution in [1.29, 1.82) is 0 Å². The minimum absolute atomic E-state index is 0.183. The highest BCUT2D eigenvalue weighted by atomic mass is 16.5. The summed E-state index contributed by atoms with van der Waals surface area (Å²) >= 11 is 0. The fourth-order valence-electron chi connectivity index (χ4n) is 2.96. The molecule has 0 aliphatic carbocycles. The molecule has 0 radical (unpaired) electrons. The number of aryl methyl sites for hydroxylation is 1. The normalized spacial score (nSPS) is 16.1. The highest BCUT2D eigenvalue weighted by Gasteiger charge is 2.21. The average Bonchev–Trinajstić information content (AvgIpc) is 2.52. The van der Waals surface area contributed by atoms with Gasteiger partial charge < -0.3 is 15.4 Å². The van der Waals surface area contributed by atoms with Gasteiger partial charge in [0, 0.05) is 24.2 Å². The van der Waals surface area contributed by atoms with Gasteiger partial charge in [0.2, 0.25) is 0 Å². The van der Waals surface area contributed by atoms with Crippen LogP contribution in [0.15, 0.2) is 30.3 Å². The maximum Gasteiger partial charge on any atom is 0.314 e. The van der Waals surface area contributed by atoms with E-state index in [9.17, 15) is 4.79 Å². The Labute approximate surface area is 130 Å². The van der Waals surface area contributed by atoms with Gasteiger partial charge in [-0.2, -0.15) is 0 Å². The Bertz CT molecular complexity index is 679. The molecular weight excluding hydrogens is 278 g/mol. The third-order valence-corrected chi connectivity index (χ3v) is 4.16. The number of carbonyl (C=O) groups is 1. The number of nitrogens with two attached hydrogens (primary N) is 1. The predicted octanol–water partition coefficient (Wildman–Crippen LogP) is 2.60. The summed E-state index contributed by atoms with van der Waals surface area (Å²) in [4.78, 5) is 17.3. The van der Waals surface area contributed by atoms with Crippen LogP contribution in [0, 0.1) is 6.92 Å². The second kappa shape index (κ2) is 6.32. The molecule has 2 N–H and O–H groups in total. The van der Waals surface area contributed by atoms with Crippen molar-refractivity contribution in [2.24, 2.45) is 5.73 Å². The first kappa shape index (κ1) is 14.8. The molecule has 1 aromatic heterocycles. The van der Waals surface area contributed by atoms with Gasteiger partial charge in [0.05, 0.1) is 18.2 Å². The van der Waals surface area contributed by atoms with Gasteiger partial charge in [-0.25, -0.2) is 4.79 Å². The number of carbonyl (C=O) groups excluding carboxylic acids is 1. The average molecular weight is 299 g/mol. The van der Waals surface area contributed by atoms with Gasteiger partial charge in [0.25, 0.3) is 0 Å². The summed E-state index contributed by atoms with van der Waals surface area (Å²) in [5.41, 5.74) is 8.47. The summed E-state index contributed by atoms with van der Waals surface area (Å²) in [6.07, 6.45) is 1.86. The number of likely N-dealkylation sites (tertiary alicyclic amines) is 1.